The van der Waals surface area contributed by atoms with E-state index in [4.69, 9.17) is 4.99 Å². The van der Waals surface area contributed by atoms with Gasteiger partial charge in [-0.25, -0.2) is 0 Å². The largest absolute Gasteiger partial charge is 0.294 e. The minimum absolute atomic E-state index is 0.0878. The van der Waals surface area contributed by atoms with Crippen molar-refractivity contribution < 1.29 is 4.79 Å². The van der Waals surface area contributed by atoms with Crippen LogP contribution < -0.4 is 0 Å². The molecular formula is C22H20N2O. The summed E-state index contributed by atoms with van der Waals surface area (Å²) in [5.74, 6) is 0.0878. The van der Waals surface area contributed by atoms with E-state index in [1.54, 1.807) is 6.20 Å². The van der Waals surface area contributed by atoms with Crippen LogP contribution in [0, 0.1) is 0 Å². The molecule has 0 spiro atoms. The molecule has 1 aliphatic rings. The molecule has 1 aromatic heterocycles. The topological polar surface area (TPSA) is 42.3 Å². The van der Waals surface area contributed by atoms with Gasteiger partial charge in [0.1, 0.15) is 0 Å². The van der Waals surface area contributed by atoms with Gasteiger partial charge >= 0.3 is 0 Å². The van der Waals surface area contributed by atoms with Crippen LogP contribution in [0.5, 0.6) is 0 Å². The van der Waals surface area contributed by atoms with Crippen molar-refractivity contribution in [2.45, 2.75) is 32.2 Å². The number of Topliss-reactive ketones (excluding diaryl/α,β-unsaturated/α-hetero) is 1. The van der Waals surface area contributed by atoms with Crippen molar-refractivity contribution in [2.24, 2.45) is 4.99 Å². The van der Waals surface area contributed by atoms with E-state index in [1.165, 1.54) is 5.56 Å². The van der Waals surface area contributed by atoms with Crippen molar-refractivity contribution in [3.05, 3.63) is 77.5 Å². The van der Waals surface area contributed by atoms with Crippen LogP contribution in [-0.2, 0) is 6.42 Å². The summed E-state index contributed by atoms with van der Waals surface area (Å²) in [5, 5.41) is 0.902. The van der Waals surface area contributed by atoms with Crippen molar-refractivity contribution >= 4 is 22.4 Å². The first kappa shape index (κ1) is 15.7. The highest BCUT2D eigenvalue weighted by Crippen LogP contribution is 2.29. The summed E-state index contributed by atoms with van der Waals surface area (Å²) in [4.78, 5) is 22.3. The number of rotatable bonds is 3. The third-order valence-electron chi connectivity index (χ3n) is 4.67. The number of nitrogens with zero attached hydrogens (tertiary/aromatic N) is 2. The molecule has 0 saturated heterocycles. The van der Waals surface area contributed by atoms with Crippen molar-refractivity contribution in [3.63, 3.8) is 0 Å². The molecule has 0 unspecified atom stereocenters. The SMILES string of the molecule is CC1(C)Cc2ccccc2C(CC(=O)c2ccnc3ccccc23)=N1. The fourth-order valence-corrected chi connectivity index (χ4v) is 3.61. The minimum Gasteiger partial charge on any atom is -0.294 e. The number of para-hydroxylation sites is 1. The van der Waals surface area contributed by atoms with Gasteiger partial charge < -0.3 is 0 Å². The van der Waals surface area contributed by atoms with Gasteiger partial charge in [0, 0.05) is 17.1 Å². The number of aliphatic imine (C=N–C) groups is 1. The molecule has 0 N–H and O–H groups in total. The van der Waals surface area contributed by atoms with Gasteiger partial charge in [-0.1, -0.05) is 42.5 Å². The Morgan fingerprint density at radius 2 is 1.80 bits per heavy atom. The number of hydrogen-bond donors (Lipinski definition) is 0. The predicted octanol–water partition coefficient (Wildman–Crippen LogP) is 4.63. The normalized spacial score (nSPS) is 15.5. The lowest BCUT2D eigenvalue weighted by molar-refractivity contribution is 0.100. The van der Waals surface area contributed by atoms with E-state index in [0.29, 0.717) is 12.0 Å². The molecule has 0 aliphatic carbocycles. The molecule has 0 bridgehead atoms. The predicted molar refractivity (Wildman–Crippen MR) is 101 cm³/mol. The molecule has 2 heterocycles. The Morgan fingerprint density at radius 3 is 2.68 bits per heavy atom. The molecular weight excluding hydrogens is 308 g/mol. The zero-order valence-corrected chi connectivity index (χ0v) is 14.5. The summed E-state index contributed by atoms with van der Waals surface area (Å²) in [5.41, 5.74) is 4.65. The summed E-state index contributed by atoms with van der Waals surface area (Å²) in [6.07, 6.45) is 2.92. The van der Waals surface area contributed by atoms with E-state index in [-0.39, 0.29) is 11.3 Å². The fourth-order valence-electron chi connectivity index (χ4n) is 3.61. The standard InChI is InChI=1S/C22H20N2O/c1-22(2)14-15-7-3-4-8-16(15)20(24-22)13-21(25)18-11-12-23-19-10-6-5-9-17(18)19/h3-12H,13-14H2,1-2H3. The fraction of sp³-hybridized carbons (Fsp3) is 0.227. The summed E-state index contributed by atoms with van der Waals surface area (Å²) >= 11 is 0. The Hall–Kier alpha value is -2.81. The second-order valence-corrected chi connectivity index (χ2v) is 7.18. The number of hydrogen-bond acceptors (Lipinski definition) is 3. The molecule has 2 aromatic carbocycles. The van der Waals surface area contributed by atoms with E-state index in [0.717, 1.165) is 28.6 Å². The van der Waals surface area contributed by atoms with Crippen LogP contribution in [0.3, 0.4) is 0 Å². The van der Waals surface area contributed by atoms with E-state index < -0.39 is 0 Å². The van der Waals surface area contributed by atoms with E-state index >= 15 is 0 Å². The van der Waals surface area contributed by atoms with Gasteiger partial charge in [-0.2, -0.15) is 0 Å². The van der Waals surface area contributed by atoms with Crippen LogP contribution in [0.25, 0.3) is 10.9 Å². The smallest absolute Gasteiger partial charge is 0.169 e. The van der Waals surface area contributed by atoms with Gasteiger partial charge in [-0.15, -0.1) is 0 Å². The molecule has 3 aromatic rings. The van der Waals surface area contributed by atoms with Crippen LogP contribution in [0.1, 0.15) is 41.8 Å². The first-order chi connectivity index (χ1) is 12.0. The van der Waals surface area contributed by atoms with Gasteiger partial charge in [-0.05, 0) is 43.5 Å². The number of aromatic nitrogens is 1. The van der Waals surface area contributed by atoms with Crippen LogP contribution in [0.4, 0.5) is 0 Å². The average Bonchev–Trinajstić information content (AvgIpc) is 2.60. The lowest BCUT2D eigenvalue weighted by Crippen LogP contribution is -2.30. The summed E-state index contributed by atoms with van der Waals surface area (Å²) in [7, 11) is 0. The number of carbonyl (C=O) groups is 1. The molecule has 0 saturated carbocycles. The van der Waals surface area contributed by atoms with E-state index in [9.17, 15) is 4.79 Å². The monoisotopic (exact) mass is 328 g/mol. The third kappa shape index (κ3) is 2.98. The number of pyridine rings is 1. The summed E-state index contributed by atoms with van der Waals surface area (Å²) in [6, 6.07) is 17.9. The van der Waals surface area contributed by atoms with Gasteiger partial charge in [0.15, 0.2) is 5.78 Å². The lowest BCUT2D eigenvalue weighted by Gasteiger charge is -2.29. The highest BCUT2D eigenvalue weighted by molar-refractivity contribution is 6.19. The second-order valence-electron chi connectivity index (χ2n) is 7.18. The number of benzene rings is 2. The first-order valence-electron chi connectivity index (χ1n) is 8.57. The zero-order valence-electron chi connectivity index (χ0n) is 14.5. The maximum absolute atomic E-state index is 13.0. The van der Waals surface area contributed by atoms with Gasteiger partial charge in [0.2, 0.25) is 0 Å². The number of carbonyl (C=O) groups excluding carboxylic acids is 1. The maximum Gasteiger partial charge on any atom is 0.169 e. The Bertz CT molecular complexity index is 996. The van der Waals surface area contributed by atoms with E-state index in [1.807, 2.05) is 36.4 Å². The van der Waals surface area contributed by atoms with Crippen molar-refractivity contribution in [3.8, 4) is 0 Å². The molecule has 25 heavy (non-hydrogen) atoms. The molecule has 0 atom stereocenters. The van der Waals surface area contributed by atoms with Gasteiger partial charge in [-0.3, -0.25) is 14.8 Å². The van der Waals surface area contributed by atoms with Crippen LogP contribution in [0.2, 0.25) is 0 Å². The van der Waals surface area contributed by atoms with Crippen LogP contribution >= 0.6 is 0 Å². The average molecular weight is 328 g/mol. The van der Waals surface area contributed by atoms with Crippen molar-refractivity contribution in [1.29, 1.82) is 0 Å². The Balaban J connectivity index is 1.74. The lowest BCUT2D eigenvalue weighted by atomic mass is 9.85. The minimum atomic E-state index is -0.176. The van der Waals surface area contributed by atoms with Crippen LogP contribution in [-0.4, -0.2) is 22.0 Å². The molecule has 3 nitrogen and oxygen atoms in total. The molecule has 0 fully saturated rings. The van der Waals surface area contributed by atoms with Gasteiger partial charge in [0.25, 0.3) is 0 Å². The molecule has 0 amide bonds. The Kier molecular flexibility index (Phi) is 3.72. The van der Waals surface area contributed by atoms with E-state index in [2.05, 4.69) is 37.0 Å². The number of fused-ring (bicyclic) bond motifs is 2. The molecule has 0 radical (unpaired) electrons. The highest BCUT2D eigenvalue weighted by Gasteiger charge is 2.27. The molecule has 1 aliphatic heterocycles. The second kappa shape index (κ2) is 5.92. The van der Waals surface area contributed by atoms with Crippen molar-refractivity contribution in [1.82, 2.24) is 4.98 Å². The van der Waals surface area contributed by atoms with Gasteiger partial charge in [0.05, 0.1) is 23.2 Å². The molecule has 4 rings (SSSR count). The third-order valence-corrected chi connectivity index (χ3v) is 4.67. The number of ketones is 1. The molecule has 3 heteroatoms. The summed E-state index contributed by atoms with van der Waals surface area (Å²) < 4.78 is 0. The Labute approximate surface area is 147 Å². The quantitative estimate of drug-likeness (QED) is 0.658. The molecule has 124 valence electrons. The highest BCUT2D eigenvalue weighted by atomic mass is 16.1. The first-order valence-corrected chi connectivity index (χ1v) is 8.57. The van der Waals surface area contributed by atoms with Crippen LogP contribution in [0.15, 0.2) is 65.8 Å². The Morgan fingerprint density at radius 1 is 1.04 bits per heavy atom. The van der Waals surface area contributed by atoms with Crippen molar-refractivity contribution in [2.75, 3.05) is 0 Å². The zero-order chi connectivity index (χ0) is 17.4. The summed E-state index contributed by atoms with van der Waals surface area (Å²) in [6.45, 7) is 4.24. The maximum atomic E-state index is 13.0.